The summed E-state index contributed by atoms with van der Waals surface area (Å²) in [5.74, 6) is 0.660. The third kappa shape index (κ3) is 3.61. The van der Waals surface area contributed by atoms with Crippen molar-refractivity contribution in [2.75, 3.05) is 6.54 Å². The Morgan fingerprint density at radius 2 is 2.12 bits per heavy atom. The second-order valence-corrected chi connectivity index (χ2v) is 6.88. The standard InChI is InChI=1S/C17H21F3N4O2/c1-10(2)14-8-12(22-26-14)13-5-4-6-23(13)16(25)9-24-11(3)7-15(21-24)17(18,19)20/h7-8,10,13H,4-6,9H2,1-3H3. The van der Waals surface area contributed by atoms with Crippen LogP contribution in [0.25, 0.3) is 0 Å². The van der Waals surface area contributed by atoms with Gasteiger partial charge in [0, 0.05) is 24.2 Å². The predicted molar refractivity (Wildman–Crippen MR) is 86.2 cm³/mol. The van der Waals surface area contributed by atoms with Crippen LogP contribution in [0.1, 0.15) is 61.5 Å². The van der Waals surface area contributed by atoms with Crippen LogP contribution in [0.2, 0.25) is 0 Å². The zero-order valence-electron chi connectivity index (χ0n) is 14.9. The largest absolute Gasteiger partial charge is 0.435 e. The van der Waals surface area contributed by atoms with Crippen molar-refractivity contribution < 1.29 is 22.5 Å². The van der Waals surface area contributed by atoms with Crippen LogP contribution in [0.5, 0.6) is 0 Å². The quantitative estimate of drug-likeness (QED) is 0.823. The summed E-state index contributed by atoms with van der Waals surface area (Å²) in [5, 5.41) is 7.60. The molecule has 0 radical (unpaired) electrons. The van der Waals surface area contributed by atoms with Crippen LogP contribution in [0, 0.1) is 6.92 Å². The molecule has 0 saturated carbocycles. The number of aromatic nitrogens is 3. The highest BCUT2D eigenvalue weighted by Gasteiger charge is 2.36. The number of aryl methyl sites for hydroxylation is 1. The number of hydrogen-bond acceptors (Lipinski definition) is 4. The summed E-state index contributed by atoms with van der Waals surface area (Å²) in [6.07, 6.45) is -2.96. The van der Waals surface area contributed by atoms with Gasteiger partial charge in [-0.05, 0) is 25.8 Å². The average molecular weight is 370 g/mol. The molecule has 6 nitrogen and oxygen atoms in total. The first-order valence-corrected chi connectivity index (χ1v) is 8.54. The van der Waals surface area contributed by atoms with Gasteiger partial charge in [-0.15, -0.1) is 0 Å². The van der Waals surface area contributed by atoms with Crippen molar-refractivity contribution in [2.45, 2.75) is 58.3 Å². The molecule has 1 aliphatic heterocycles. The third-order valence-electron chi connectivity index (χ3n) is 4.59. The Kier molecular flexibility index (Phi) is 4.81. The summed E-state index contributed by atoms with van der Waals surface area (Å²) in [5.41, 5.74) is -0.00322. The number of alkyl halides is 3. The number of amides is 1. The van der Waals surface area contributed by atoms with E-state index in [1.165, 1.54) is 6.92 Å². The Balaban J connectivity index is 1.75. The van der Waals surface area contributed by atoms with Gasteiger partial charge >= 0.3 is 6.18 Å². The van der Waals surface area contributed by atoms with Gasteiger partial charge in [-0.1, -0.05) is 19.0 Å². The van der Waals surface area contributed by atoms with Crippen molar-refractivity contribution in [2.24, 2.45) is 0 Å². The molecule has 0 bridgehead atoms. The maximum Gasteiger partial charge on any atom is 0.435 e. The second kappa shape index (κ2) is 6.77. The summed E-state index contributed by atoms with van der Waals surface area (Å²) in [4.78, 5) is 14.3. The van der Waals surface area contributed by atoms with Crippen LogP contribution in [-0.2, 0) is 17.5 Å². The first-order chi connectivity index (χ1) is 12.2. The first-order valence-electron chi connectivity index (χ1n) is 8.54. The zero-order chi connectivity index (χ0) is 19.1. The highest BCUT2D eigenvalue weighted by Crippen LogP contribution is 2.33. The molecule has 1 fully saturated rings. The number of hydrogen-bond donors (Lipinski definition) is 0. The number of carbonyl (C=O) groups is 1. The normalized spacial score (nSPS) is 18.1. The SMILES string of the molecule is Cc1cc(C(F)(F)F)nn1CC(=O)N1CCCC1c1cc(C(C)C)on1. The third-order valence-corrected chi connectivity index (χ3v) is 4.59. The van der Waals surface area contributed by atoms with Crippen LogP contribution < -0.4 is 0 Å². The van der Waals surface area contributed by atoms with Crippen molar-refractivity contribution >= 4 is 5.91 Å². The molecule has 26 heavy (non-hydrogen) atoms. The number of carbonyl (C=O) groups excluding carboxylic acids is 1. The summed E-state index contributed by atoms with van der Waals surface area (Å²) in [6.45, 7) is 5.79. The van der Waals surface area contributed by atoms with E-state index in [9.17, 15) is 18.0 Å². The van der Waals surface area contributed by atoms with E-state index in [1.54, 1.807) is 4.90 Å². The predicted octanol–water partition coefficient (Wildman–Crippen LogP) is 3.69. The molecular formula is C17H21F3N4O2. The van der Waals surface area contributed by atoms with Gasteiger partial charge < -0.3 is 9.42 Å². The van der Waals surface area contributed by atoms with E-state index in [4.69, 9.17) is 4.52 Å². The topological polar surface area (TPSA) is 64.2 Å². The van der Waals surface area contributed by atoms with Crippen molar-refractivity contribution in [3.05, 3.63) is 35.0 Å². The second-order valence-electron chi connectivity index (χ2n) is 6.88. The molecule has 0 aliphatic carbocycles. The summed E-state index contributed by atoms with van der Waals surface area (Å²) < 4.78 is 44.8. The lowest BCUT2D eigenvalue weighted by Gasteiger charge is -2.23. The molecule has 0 N–H and O–H groups in total. The minimum atomic E-state index is -4.52. The lowest BCUT2D eigenvalue weighted by Crippen LogP contribution is -2.34. The Hall–Kier alpha value is -2.32. The molecule has 2 aromatic heterocycles. The number of rotatable bonds is 4. The Bertz CT molecular complexity index is 794. The van der Waals surface area contributed by atoms with Gasteiger partial charge in [-0.3, -0.25) is 9.48 Å². The van der Waals surface area contributed by atoms with E-state index in [1.807, 2.05) is 19.9 Å². The van der Waals surface area contributed by atoms with Crippen molar-refractivity contribution in [1.29, 1.82) is 0 Å². The van der Waals surface area contributed by atoms with E-state index in [0.717, 1.165) is 29.4 Å². The number of halogens is 3. The van der Waals surface area contributed by atoms with E-state index < -0.39 is 11.9 Å². The molecule has 1 amide bonds. The maximum atomic E-state index is 12.8. The minimum Gasteiger partial charge on any atom is -0.361 e. The van der Waals surface area contributed by atoms with Gasteiger partial charge in [-0.25, -0.2) is 0 Å². The molecule has 9 heteroatoms. The smallest absolute Gasteiger partial charge is 0.361 e. The fraction of sp³-hybridized carbons (Fsp3) is 0.588. The van der Waals surface area contributed by atoms with Gasteiger partial charge in [0.25, 0.3) is 0 Å². The van der Waals surface area contributed by atoms with Gasteiger partial charge in [0.1, 0.15) is 18.0 Å². The maximum absolute atomic E-state index is 12.8. The molecule has 1 atom stereocenters. The Labute approximate surface area is 148 Å². The molecule has 0 aromatic carbocycles. The molecule has 3 heterocycles. The van der Waals surface area contributed by atoms with Crippen molar-refractivity contribution in [1.82, 2.24) is 19.8 Å². The average Bonchev–Trinajstić information content (AvgIpc) is 3.24. The summed E-state index contributed by atoms with van der Waals surface area (Å²) >= 11 is 0. The molecule has 1 aliphatic rings. The van der Waals surface area contributed by atoms with E-state index in [-0.39, 0.29) is 24.4 Å². The van der Waals surface area contributed by atoms with E-state index >= 15 is 0 Å². The fourth-order valence-electron chi connectivity index (χ4n) is 3.13. The van der Waals surface area contributed by atoms with Crippen LogP contribution in [0.3, 0.4) is 0 Å². The summed E-state index contributed by atoms with van der Waals surface area (Å²) in [7, 11) is 0. The van der Waals surface area contributed by atoms with Crippen LogP contribution >= 0.6 is 0 Å². The van der Waals surface area contributed by atoms with Gasteiger partial charge in [0.05, 0.1) is 6.04 Å². The molecule has 3 rings (SSSR count). The molecular weight excluding hydrogens is 349 g/mol. The molecule has 0 spiro atoms. The highest BCUT2D eigenvalue weighted by molar-refractivity contribution is 5.76. The first kappa shape index (κ1) is 18.5. The minimum absolute atomic E-state index is 0.189. The summed E-state index contributed by atoms with van der Waals surface area (Å²) in [6, 6.07) is 2.58. The van der Waals surface area contributed by atoms with Crippen molar-refractivity contribution in [3.63, 3.8) is 0 Å². The molecule has 142 valence electrons. The monoisotopic (exact) mass is 370 g/mol. The molecule has 2 aromatic rings. The van der Waals surface area contributed by atoms with Crippen LogP contribution in [0.15, 0.2) is 16.7 Å². The lowest BCUT2D eigenvalue weighted by molar-refractivity contribution is -0.142. The highest BCUT2D eigenvalue weighted by atomic mass is 19.4. The van der Waals surface area contributed by atoms with Crippen LogP contribution in [-0.4, -0.2) is 32.3 Å². The lowest BCUT2D eigenvalue weighted by atomic mass is 10.1. The van der Waals surface area contributed by atoms with Gasteiger partial charge in [0.15, 0.2) is 5.69 Å². The van der Waals surface area contributed by atoms with Gasteiger partial charge in [-0.2, -0.15) is 18.3 Å². The molecule has 1 unspecified atom stereocenters. The Morgan fingerprint density at radius 1 is 1.38 bits per heavy atom. The van der Waals surface area contributed by atoms with E-state index in [0.29, 0.717) is 17.9 Å². The number of likely N-dealkylation sites (tertiary alicyclic amines) is 1. The fourth-order valence-corrected chi connectivity index (χ4v) is 3.13. The number of nitrogens with zero attached hydrogens (tertiary/aromatic N) is 4. The Morgan fingerprint density at radius 3 is 2.69 bits per heavy atom. The van der Waals surface area contributed by atoms with Crippen LogP contribution in [0.4, 0.5) is 13.2 Å². The molecule has 1 saturated heterocycles. The van der Waals surface area contributed by atoms with Crippen molar-refractivity contribution in [3.8, 4) is 0 Å². The zero-order valence-corrected chi connectivity index (χ0v) is 14.9. The van der Waals surface area contributed by atoms with Gasteiger partial charge in [0.2, 0.25) is 5.91 Å². The van der Waals surface area contributed by atoms with E-state index in [2.05, 4.69) is 10.3 Å².